The zero-order valence-electron chi connectivity index (χ0n) is 12.9. The van der Waals surface area contributed by atoms with Gasteiger partial charge < -0.3 is 9.64 Å². The first-order chi connectivity index (χ1) is 10.1. The van der Waals surface area contributed by atoms with Gasteiger partial charge in [0.25, 0.3) is 0 Å². The average molecular weight is 289 g/mol. The van der Waals surface area contributed by atoms with E-state index in [4.69, 9.17) is 4.74 Å². The van der Waals surface area contributed by atoms with E-state index in [1.807, 2.05) is 0 Å². The van der Waals surface area contributed by atoms with Crippen molar-refractivity contribution >= 4 is 17.4 Å². The second kappa shape index (κ2) is 7.25. The summed E-state index contributed by atoms with van der Waals surface area (Å²) in [5, 5.41) is 0. The number of nitrogens with zero attached hydrogens (tertiary/aromatic N) is 1. The predicted molar refractivity (Wildman–Crippen MR) is 82.6 cm³/mol. The molecule has 0 unspecified atom stereocenters. The highest BCUT2D eigenvalue weighted by Gasteiger charge is 2.19. The molecule has 0 spiro atoms. The van der Waals surface area contributed by atoms with Crippen LogP contribution in [0.3, 0.4) is 0 Å². The van der Waals surface area contributed by atoms with Crippen LogP contribution in [0.25, 0.3) is 0 Å². The number of benzene rings is 1. The highest BCUT2D eigenvalue weighted by Crippen LogP contribution is 2.27. The molecular weight excluding hydrogens is 266 g/mol. The molecule has 1 aromatic rings. The first kappa shape index (κ1) is 15.5. The van der Waals surface area contributed by atoms with Gasteiger partial charge in [-0.05, 0) is 38.3 Å². The van der Waals surface area contributed by atoms with Crippen LogP contribution in [0.2, 0.25) is 0 Å². The molecule has 0 N–H and O–H groups in total. The fourth-order valence-corrected chi connectivity index (χ4v) is 2.73. The number of carbonyl (C=O) groups is 2. The largest absolute Gasteiger partial charge is 0.466 e. The van der Waals surface area contributed by atoms with Crippen LogP contribution in [0.5, 0.6) is 0 Å². The number of hydrogen-bond donors (Lipinski definition) is 0. The monoisotopic (exact) mass is 289 g/mol. The van der Waals surface area contributed by atoms with Gasteiger partial charge in [-0.3, -0.25) is 9.59 Å². The van der Waals surface area contributed by atoms with Gasteiger partial charge in [-0.2, -0.15) is 0 Å². The van der Waals surface area contributed by atoms with Crippen molar-refractivity contribution in [1.82, 2.24) is 0 Å². The first-order valence-corrected chi connectivity index (χ1v) is 7.62. The second-order valence-corrected chi connectivity index (χ2v) is 5.50. The summed E-state index contributed by atoms with van der Waals surface area (Å²) in [5.74, 6) is -0.197. The third-order valence-corrected chi connectivity index (χ3v) is 3.73. The quantitative estimate of drug-likeness (QED) is 0.755. The Hall–Kier alpha value is -1.84. The Kier molecular flexibility index (Phi) is 5.37. The molecule has 1 heterocycles. The van der Waals surface area contributed by atoms with Crippen LogP contribution >= 0.6 is 0 Å². The van der Waals surface area contributed by atoms with Gasteiger partial charge in [0.1, 0.15) is 0 Å². The Morgan fingerprint density at radius 1 is 1.29 bits per heavy atom. The molecule has 0 bridgehead atoms. The Morgan fingerprint density at radius 3 is 2.86 bits per heavy atom. The van der Waals surface area contributed by atoms with Crippen LogP contribution in [0, 0.1) is 6.92 Å². The molecule has 1 aromatic carbocycles. The summed E-state index contributed by atoms with van der Waals surface area (Å²) in [6, 6.07) is 6.38. The standard InChI is InChI=1S/C17H23NO3/c1-3-21-17(20)9-7-15(19)12-18-10-4-5-14-11-13(2)6-8-16(14)18/h6,8,11H,3-5,7,9-10,12H2,1-2H3. The zero-order valence-corrected chi connectivity index (χ0v) is 12.9. The van der Waals surface area contributed by atoms with Crippen molar-refractivity contribution in [2.24, 2.45) is 0 Å². The molecule has 0 amide bonds. The molecule has 0 aliphatic carbocycles. The number of anilines is 1. The van der Waals surface area contributed by atoms with E-state index in [1.165, 1.54) is 11.1 Å². The van der Waals surface area contributed by atoms with E-state index in [-0.39, 0.29) is 24.6 Å². The number of carbonyl (C=O) groups excluding carboxylic acids is 2. The van der Waals surface area contributed by atoms with Crippen molar-refractivity contribution in [3.63, 3.8) is 0 Å². The van der Waals surface area contributed by atoms with Crippen LogP contribution < -0.4 is 4.90 Å². The SMILES string of the molecule is CCOC(=O)CCC(=O)CN1CCCc2cc(C)ccc21. The molecule has 1 aliphatic heterocycles. The lowest BCUT2D eigenvalue weighted by Gasteiger charge is -2.31. The van der Waals surface area contributed by atoms with Gasteiger partial charge in [0.15, 0.2) is 5.78 Å². The second-order valence-electron chi connectivity index (χ2n) is 5.50. The van der Waals surface area contributed by atoms with Gasteiger partial charge in [-0.1, -0.05) is 17.7 Å². The number of aryl methyl sites for hydroxylation is 2. The van der Waals surface area contributed by atoms with Gasteiger partial charge in [0.2, 0.25) is 0 Å². The Balaban J connectivity index is 1.92. The van der Waals surface area contributed by atoms with Gasteiger partial charge in [0, 0.05) is 18.7 Å². The summed E-state index contributed by atoms with van der Waals surface area (Å²) in [6.45, 7) is 5.51. The maximum absolute atomic E-state index is 12.0. The molecule has 0 saturated carbocycles. The fraction of sp³-hybridized carbons (Fsp3) is 0.529. The Labute approximate surface area is 126 Å². The van der Waals surface area contributed by atoms with Gasteiger partial charge in [0.05, 0.1) is 19.6 Å². The Morgan fingerprint density at radius 2 is 2.10 bits per heavy atom. The molecule has 0 aromatic heterocycles. The molecule has 0 radical (unpaired) electrons. The van der Waals surface area contributed by atoms with Crippen LogP contribution in [0.4, 0.5) is 5.69 Å². The number of fused-ring (bicyclic) bond motifs is 1. The van der Waals surface area contributed by atoms with E-state index in [1.54, 1.807) is 6.92 Å². The molecule has 0 fully saturated rings. The van der Waals surface area contributed by atoms with E-state index in [0.29, 0.717) is 13.2 Å². The van der Waals surface area contributed by atoms with Gasteiger partial charge >= 0.3 is 5.97 Å². The number of ether oxygens (including phenoxy) is 1. The number of Topliss-reactive ketones (excluding diaryl/α,β-unsaturated/α-hetero) is 1. The normalized spacial score (nSPS) is 13.7. The van der Waals surface area contributed by atoms with Crippen molar-refractivity contribution in [2.75, 3.05) is 24.6 Å². The predicted octanol–water partition coefficient (Wildman–Crippen LogP) is 2.66. The molecule has 4 nitrogen and oxygen atoms in total. The number of hydrogen-bond acceptors (Lipinski definition) is 4. The van der Waals surface area contributed by atoms with Crippen LogP contribution in [-0.2, 0) is 20.7 Å². The molecular formula is C17H23NO3. The first-order valence-electron chi connectivity index (χ1n) is 7.62. The third-order valence-electron chi connectivity index (χ3n) is 3.73. The van der Waals surface area contributed by atoms with Crippen molar-refractivity contribution in [2.45, 2.75) is 39.5 Å². The molecule has 21 heavy (non-hydrogen) atoms. The lowest BCUT2D eigenvalue weighted by atomic mass is 9.99. The summed E-state index contributed by atoms with van der Waals surface area (Å²) >= 11 is 0. The number of ketones is 1. The Bertz CT molecular complexity index is 525. The van der Waals surface area contributed by atoms with Crippen LogP contribution in [0.15, 0.2) is 18.2 Å². The summed E-state index contributed by atoms with van der Waals surface area (Å²) in [4.78, 5) is 25.5. The number of rotatable bonds is 6. The topological polar surface area (TPSA) is 46.6 Å². The zero-order chi connectivity index (χ0) is 15.2. The molecule has 0 saturated heterocycles. The molecule has 1 aliphatic rings. The lowest BCUT2D eigenvalue weighted by Crippen LogP contribution is -2.34. The van der Waals surface area contributed by atoms with Gasteiger partial charge in [-0.25, -0.2) is 0 Å². The minimum absolute atomic E-state index is 0.0940. The van der Waals surface area contributed by atoms with E-state index in [2.05, 4.69) is 30.0 Å². The maximum atomic E-state index is 12.0. The summed E-state index contributed by atoms with van der Waals surface area (Å²) in [6.07, 6.45) is 2.59. The van der Waals surface area contributed by atoms with Gasteiger partial charge in [-0.15, -0.1) is 0 Å². The van der Waals surface area contributed by atoms with Crippen molar-refractivity contribution in [3.8, 4) is 0 Å². The summed E-state index contributed by atoms with van der Waals surface area (Å²) in [7, 11) is 0. The third kappa shape index (κ3) is 4.31. The van der Waals surface area contributed by atoms with Crippen LogP contribution in [0.1, 0.15) is 37.3 Å². The van der Waals surface area contributed by atoms with Crippen LogP contribution in [-0.4, -0.2) is 31.4 Å². The summed E-state index contributed by atoms with van der Waals surface area (Å²) < 4.78 is 4.85. The minimum Gasteiger partial charge on any atom is -0.466 e. The number of esters is 1. The molecule has 2 rings (SSSR count). The fourth-order valence-electron chi connectivity index (χ4n) is 2.73. The van der Waals surface area contributed by atoms with E-state index >= 15 is 0 Å². The minimum atomic E-state index is -0.291. The smallest absolute Gasteiger partial charge is 0.306 e. The van der Waals surface area contributed by atoms with E-state index in [0.717, 1.165) is 25.1 Å². The maximum Gasteiger partial charge on any atom is 0.306 e. The molecule has 0 atom stereocenters. The van der Waals surface area contributed by atoms with Crippen molar-refractivity contribution in [1.29, 1.82) is 0 Å². The summed E-state index contributed by atoms with van der Waals surface area (Å²) in [5.41, 5.74) is 3.74. The van der Waals surface area contributed by atoms with Crippen molar-refractivity contribution < 1.29 is 14.3 Å². The lowest BCUT2D eigenvalue weighted by molar-refractivity contribution is -0.144. The van der Waals surface area contributed by atoms with Crippen molar-refractivity contribution in [3.05, 3.63) is 29.3 Å². The highest BCUT2D eigenvalue weighted by molar-refractivity contribution is 5.87. The molecule has 114 valence electrons. The highest BCUT2D eigenvalue weighted by atomic mass is 16.5. The van der Waals surface area contributed by atoms with E-state index in [9.17, 15) is 9.59 Å². The average Bonchev–Trinajstić information content (AvgIpc) is 2.45. The molecule has 4 heteroatoms. The van der Waals surface area contributed by atoms with E-state index < -0.39 is 0 Å².